The average Bonchev–Trinajstić information content (AvgIpc) is 2.66. The fraction of sp³-hybridized carbons (Fsp3) is 0.562. The van der Waals surface area contributed by atoms with Gasteiger partial charge in [0.05, 0.1) is 18.2 Å². The summed E-state index contributed by atoms with van der Waals surface area (Å²) in [5, 5.41) is 2.98. The third-order valence-electron chi connectivity index (χ3n) is 3.85. The summed E-state index contributed by atoms with van der Waals surface area (Å²) in [5.74, 6) is 0.643. The van der Waals surface area contributed by atoms with Crippen LogP contribution in [0.15, 0.2) is 24.3 Å². The molecule has 2 unspecified atom stereocenters. The Morgan fingerprint density at radius 3 is 2.85 bits per heavy atom. The minimum absolute atomic E-state index is 0.0200. The second-order valence-corrected chi connectivity index (χ2v) is 5.33. The zero-order valence-electron chi connectivity index (χ0n) is 12.1. The van der Waals surface area contributed by atoms with Gasteiger partial charge in [0.2, 0.25) is 5.91 Å². The molecule has 0 saturated heterocycles. The summed E-state index contributed by atoms with van der Waals surface area (Å²) in [5.41, 5.74) is 6.87. The molecule has 1 aromatic rings. The number of ether oxygens (including phenoxy) is 1. The van der Waals surface area contributed by atoms with Crippen molar-refractivity contribution in [2.45, 2.75) is 45.1 Å². The summed E-state index contributed by atoms with van der Waals surface area (Å²) in [6, 6.07) is 7.50. The van der Waals surface area contributed by atoms with E-state index in [1.54, 1.807) is 0 Å². The molecule has 0 spiro atoms. The molecule has 4 heteroatoms. The first-order valence-electron chi connectivity index (χ1n) is 7.50. The van der Waals surface area contributed by atoms with E-state index >= 15 is 0 Å². The van der Waals surface area contributed by atoms with Crippen molar-refractivity contribution >= 4 is 11.6 Å². The van der Waals surface area contributed by atoms with Crippen molar-refractivity contribution in [2.75, 3.05) is 11.9 Å². The van der Waals surface area contributed by atoms with Crippen LogP contribution in [0, 0.1) is 5.92 Å². The predicted molar refractivity (Wildman–Crippen MR) is 80.8 cm³/mol. The Labute approximate surface area is 120 Å². The van der Waals surface area contributed by atoms with E-state index in [2.05, 4.69) is 5.32 Å². The molecule has 1 saturated carbocycles. The van der Waals surface area contributed by atoms with Gasteiger partial charge in [-0.2, -0.15) is 0 Å². The van der Waals surface area contributed by atoms with Gasteiger partial charge in [-0.25, -0.2) is 0 Å². The molecule has 1 aliphatic rings. The van der Waals surface area contributed by atoms with Crippen LogP contribution in [-0.2, 0) is 4.79 Å². The van der Waals surface area contributed by atoms with E-state index in [4.69, 9.17) is 10.5 Å². The van der Waals surface area contributed by atoms with Crippen LogP contribution in [-0.4, -0.2) is 18.6 Å². The first-order chi connectivity index (χ1) is 9.72. The maximum Gasteiger partial charge on any atom is 0.229 e. The van der Waals surface area contributed by atoms with Crippen molar-refractivity contribution < 1.29 is 9.53 Å². The van der Waals surface area contributed by atoms with Gasteiger partial charge >= 0.3 is 0 Å². The average molecular weight is 276 g/mol. The van der Waals surface area contributed by atoms with E-state index in [0.29, 0.717) is 12.4 Å². The number of carbonyl (C=O) groups is 1. The van der Waals surface area contributed by atoms with Crippen LogP contribution in [0.5, 0.6) is 5.75 Å². The summed E-state index contributed by atoms with van der Waals surface area (Å²) in [6.45, 7) is 2.51. The van der Waals surface area contributed by atoms with Crippen molar-refractivity contribution in [3.63, 3.8) is 0 Å². The van der Waals surface area contributed by atoms with Gasteiger partial charge < -0.3 is 15.8 Å². The third-order valence-corrected chi connectivity index (χ3v) is 3.85. The molecule has 1 aliphatic carbocycles. The Balaban J connectivity index is 2.06. The predicted octanol–water partition coefficient (Wildman–Crippen LogP) is 2.93. The van der Waals surface area contributed by atoms with Gasteiger partial charge in [0.15, 0.2) is 0 Å². The first kappa shape index (κ1) is 14.9. The molecule has 2 atom stereocenters. The normalized spacial score (nSPS) is 22.9. The van der Waals surface area contributed by atoms with Crippen molar-refractivity contribution in [3.05, 3.63) is 24.3 Å². The van der Waals surface area contributed by atoms with E-state index in [-0.39, 0.29) is 17.9 Å². The molecular formula is C16H24N2O2. The number of nitrogens with one attached hydrogen (secondary N) is 1. The Morgan fingerprint density at radius 2 is 2.05 bits per heavy atom. The summed E-state index contributed by atoms with van der Waals surface area (Å²) in [6.07, 6.45) is 5.20. The second-order valence-electron chi connectivity index (χ2n) is 5.33. The maximum absolute atomic E-state index is 12.4. The second kappa shape index (κ2) is 7.29. The number of carbonyl (C=O) groups excluding carboxylic acids is 1. The molecule has 0 heterocycles. The van der Waals surface area contributed by atoms with Gasteiger partial charge in [0.25, 0.3) is 0 Å². The number of amides is 1. The lowest BCUT2D eigenvalue weighted by molar-refractivity contribution is -0.120. The topological polar surface area (TPSA) is 64.3 Å². The third kappa shape index (κ3) is 3.73. The molecule has 0 radical (unpaired) electrons. The van der Waals surface area contributed by atoms with Crippen LogP contribution >= 0.6 is 0 Å². The molecule has 1 aromatic carbocycles. The Hall–Kier alpha value is -1.55. The Bertz CT molecular complexity index is 448. The maximum atomic E-state index is 12.4. The summed E-state index contributed by atoms with van der Waals surface area (Å²) < 4.78 is 5.53. The zero-order valence-corrected chi connectivity index (χ0v) is 12.1. The summed E-state index contributed by atoms with van der Waals surface area (Å²) in [7, 11) is 0. The van der Waals surface area contributed by atoms with Gasteiger partial charge in [-0.1, -0.05) is 31.4 Å². The van der Waals surface area contributed by atoms with Crippen LogP contribution in [0.2, 0.25) is 0 Å². The van der Waals surface area contributed by atoms with E-state index < -0.39 is 0 Å². The molecule has 3 N–H and O–H groups in total. The largest absolute Gasteiger partial charge is 0.492 e. The number of hydrogen-bond acceptors (Lipinski definition) is 3. The zero-order chi connectivity index (χ0) is 14.4. The monoisotopic (exact) mass is 276 g/mol. The van der Waals surface area contributed by atoms with Crippen LogP contribution < -0.4 is 15.8 Å². The van der Waals surface area contributed by atoms with Gasteiger partial charge in [0, 0.05) is 6.04 Å². The lowest BCUT2D eigenvalue weighted by atomic mass is 9.94. The van der Waals surface area contributed by atoms with Gasteiger partial charge in [-0.15, -0.1) is 0 Å². The Morgan fingerprint density at radius 1 is 1.30 bits per heavy atom. The molecule has 4 nitrogen and oxygen atoms in total. The molecular weight excluding hydrogens is 252 g/mol. The number of anilines is 1. The van der Waals surface area contributed by atoms with E-state index in [1.165, 1.54) is 6.42 Å². The fourth-order valence-electron chi connectivity index (χ4n) is 2.74. The van der Waals surface area contributed by atoms with Crippen LogP contribution in [0.3, 0.4) is 0 Å². The highest BCUT2D eigenvalue weighted by Gasteiger charge is 2.27. The summed E-state index contributed by atoms with van der Waals surface area (Å²) >= 11 is 0. The molecule has 0 aromatic heterocycles. The van der Waals surface area contributed by atoms with Gasteiger partial charge in [-0.05, 0) is 31.9 Å². The van der Waals surface area contributed by atoms with E-state index in [9.17, 15) is 4.79 Å². The quantitative estimate of drug-likeness (QED) is 0.831. The smallest absolute Gasteiger partial charge is 0.229 e. The number of nitrogens with two attached hydrogens (primary N) is 1. The molecule has 1 fully saturated rings. The van der Waals surface area contributed by atoms with Crippen LogP contribution in [0.25, 0.3) is 0 Å². The molecule has 20 heavy (non-hydrogen) atoms. The minimum Gasteiger partial charge on any atom is -0.492 e. The van der Waals surface area contributed by atoms with Crippen molar-refractivity contribution in [3.8, 4) is 5.75 Å². The fourth-order valence-corrected chi connectivity index (χ4v) is 2.74. The SMILES string of the molecule is CCOc1ccccc1NC(=O)C1CCCCCC1N. The molecule has 0 bridgehead atoms. The molecule has 1 amide bonds. The number of rotatable bonds is 4. The Kier molecular flexibility index (Phi) is 5.41. The van der Waals surface area contributed by atoms with Crippen molar-refractivity contribution in [2.24, 2.45) is 11.7 Å². The number of benzene rings is 1. The van der Waals surface area contributed by atoms with E-state index in [1.807, 2.05) is 31.2 Å². The van der Waals surface area contributed by atoms with Crippen molar-refractivity contribution in [1.82, 2.24) is 0 Å². The molecule has 110 valence electrons. The van der Waals surface area contributed by atoms with Crippen LogP contribution in [0.4, 0.5) is 5.69 Å². The number of hydrogen-bond donors (Lipinski definition) is 2. The highest BCUT2D eigenvalue weighted by molar-refractivity contribution is 5.94. The first-order valence-corrected chi connectivity index (χ1v) is 7.50. The van der Waals surface area contributed by atoms with Gasteiger partial charge in [0.1, 0.15) is 5.75 Å². The van der Waals surface area contributed by atoms with Crippen molar-refractivity contribution in [1.29, 1.82) is 0 Å². The lowest BCUT2D eigenvalue weighted by Gasteiger charge is -2.21. The van der Waals surface area contributed by atoms with E-state index in [0.717, 1.165) is 31.4 Å². The molecule has 0 aliphatic heterocycles. The number of para-hydroxylation sites is 2. The van der Waals surface area contributed by atoms with Crippen LogP contribution in [0.1, 0.15) is 39.0 Å². The standard InChI is InChI=1S/C16H24N2O2/c1-2-20-15-11-7-6-10-14(15)18-16(19)12-8-4-3-5-9-13(12)17/h6-7,10-13H,2-5,8-9,17H2,1H3,(H,18,19). The summed E-state index contributed by atoms with van der Waals surface area (Å²) in [4.78, 5) is 12.4. The highest BCUT2D eigenvalue weighted by Crippen LogP contribution is 2.27. The highest BCUT2D eigenvalue weighted by atomic mass is 16.5. The van der Waals surface area contributed by atoms with Gasteiger partial charge in [-0.3, -0.25) is 4.79 Å². The molecule has 2 rings (SSSR count). The minimum atomic E-state index is -0.0906. The lowest BCUT2D eigenvalue weighted by Crippen LogP contribution is -2.37.